The molecule has 3 nitrogen and oxygen atoms in total. The van der Waals surface area contributed by atoms with E-state index in [-0.39, 0.29) is 0 Å². The van der Waals surface area contributed by atoms with Gasteiger partial charge in [0.25, 0.3) is 0 Å². The molecule has 0 saturated carbocycles. The quantitative estimate of drug-likeness (QED) is 0.669. The van der Waals surface area contributed by atoms with Gasteiger partial charge in [0.1, 0.15) is 18.1 Å². The average Bonchev–Trinajstić information content (AvgIpc) is 2.80. The lowest BCUT2D eigenvalue weighted by atomic mass is 10.0. The Hall–Kier alpha value is -2.42. The minimum atomic E-state index is 0.608. The summed E-state index contributed by atoms with van der Waals surface area (Å²) in [4.78, 5) is 0. The summed E-state index contributed by atoms with van der Waals surface area (Å²) in [6.45, 7) is 0.608. The van der Waals surface area contributed by atoms with Crippen molar-refractivity contribution in [3.63, 3.8) is 0 Å². The second-order valence-electron chi connectivity index (χ2n) is 5.05. The molecule has 1 aliphatic rings. The Kier molecular flexibility index (Phi) is 2.30. The van der Waals surface area contributed by atoms with Crippen molar-refractivity contribution < 1.29 is 9.47 Å². The van der Waals surface area contributed by atoms with Gasteiger partial charge in [-0.2, -0.15) is 0 Å². The summed E-state index contributed by atoms with van der Waals surface area (Å²) < 4.78 is 13.5. The fraction of sp³-hybridized carbons (Fsp3) is 0.176. The minimum absolute atomic E-state index is 0.608. The van der Waals surface area contributed by atoms with Crippen molar-refractivity contribution in [3.8, 4) is 22.8 Å². The number of fused-ring (bicyclic) bond motifs is 5. The molecule has 0 spiro atoms. The zero-order valence-electron chi connectivity index (χ0n) is 11.5. The van der Waals surface area contributed by atoms with Gasteiger partial charge in [0, 0.05) is 29.1 Å². The van der Waals surface area contributed by atoms with Gasteiger partial charge in [-0.05, 0) is 30.3 Å². The Labute approximate surface area is 117 Å². The Morgan fingerprint density at radius 1 is 1.15 bits per heavy atom. The van der Waals surface area contributed by atoms with E-state index in [0.717, 1.165) is 17.1 Å². The fourth-order valence-electron chi connectivity index (χ4n) is 3.05. The predicted molar refractivity (Wildman–Crippen MR) is 79.2 cm³/mol. The molecule has 1 aromatic heterocycles. The van der Waals surface area contributed by atoms with Gasteiger partial charge < -0.3 is 14.0 Å². The standard InChI is InChI=1S/C17H15NO2/c1-18-15-8-7-11(19-2)9-13(15)14-10-20-16-6-4-3-5-12(16)17(14)18/h3-9H,10H2,1-2H3. The molecule has 1 aliphatic heterocycles. The molecule has 100 valence electrons. The van der Waals surface area contributed by atoms with Crippen LogP contribution in [-0.4, -0.2) is 11.7 Å². The first-order valence-corrected chi connectivity index (χ1v) is 6.67. The van der Waals surface area contributed by atoms with Gasteiger partial charge in [-0.1, -0.05) is 12.1 Å². The third-order valence-electron chi connectivity index (χ3n) is 4.03. The Bertz CT molecular complexity index is 817. The highest BCUT2D eigenvalue weighted by atomic mass is 16.5. The van der Waals surface area contributed by atoms with Crippen LogP contribution in [0.2, 0.25) is 0 Å². The highest BCUT2D eigenvalue weighted by molar-refractivity contribution is 5.94. The second-order valence-corrected chi connectivity index (χ2v) is 5.05. The van der Waals surface area contributed by atoms with E-state index in [1.165, 1.54) is 22.2 Å². The molecule has 0 bridgehead atoms. The number of methoxy groups -OCH3 is 1. The molecule has 0 unspecified atom stereocenters. The van der Waals surface area contributed by atoms with Crippen molar-refractivity contribution in [1.82, 2.24) is 4.57 Å². The SMILES string of the molecule is COc1ccc2c(c1)c1c(n2C)-c2ccccc2OC1. The molecule has 3 aromatic rings. The molecule has 0 fully saturated rings. The van der Waals surface area contributed by atoms with Gasteiger partial charge in [-0.3, -0.25) is 0 Å². The maximum atomic E-state index is 5.89. The van der Waals surface area contributed by atoms with Crippen molar-refractivity contribution >= 4 is 10.9 Å². The van der Waals surface area contributed by atoms with Crippen molar-refractivity contribution in [3.05, 3.63) is 48.0 Å². The maximum Gasteiger partial charge on any atom is 0.129 e. The zero-order chi connectivity index (χ0) is 13.7. The van der Waals surface area contributed by atoms with E-state index in [1.807, 2.05) is 18.2 Å². The van der Waals surface area contributed by atoms with Gasteiger partial charge in [0.05, 0.1) is 12.8 Å². The van der Waals surface area contributed by atoms with Crippen LogP contribution in [0.15, 0.2) is 42.5 Å². The third-order valence-corrected chi connectivity index (χ3v) is 4.03. The Balaban J connectivity index is 2.09. The molecule has 0 amide bonds. The number of hydrogen-bond acceptors (Lipinski definition) is 2. The normalized spacial score (nSPS) is 12.7. The molecular weight excluding hydrogens is 250 g/mol. The third kappa shape index (κ3) is 1.40. The van der Waals surface area contributed by atoms with Crippen LogP contribution >= 0.6 is 0 Å². The highest BCUT2D eigenvalue weighted by Gasteiger charge is 2.23. The number of nitrogens with zero attached hydrogens (tertiary/aromatic N) is 1. The predicted octanol–water partition coefficient (Wildman–Crippen LogP) is 3.75. The summed E-state index contributed by atoms with van der Waals surface area (Å²) >= 11 is 0. The number of hydrogen-bond donors (Lipinski definition) is 0. The van der Waals surface area contributed by atoms with Crippen LogP contribution in [0.3, 0.4) is 0 Å². The molecule has 0 aliphatic carbocycles. The molecule has 0 N–H and O–H groups in total. The lowest BCUT2D eigenvalue weighted by Gasteiger charge is -2.19. The van der Waals surface area contributed by atoms with Crippen LogP contribution in [-0.2, 0) is 13.7 Å². The largest absolute Gasteiger partial charge is 0.497 e. The number of ether oxygens (including phenoxy) is 2. The van der Waals surface area contributed by atoms with Crippen LogP contribution < -0.4 is 9.47 Å². The molecule has 2 heterocycles. The number of aromatic nitrogens is 1. The topological polar surface area (TPSA) is 23.4 Å². The van der Waals surface area contributed by atoms with Crippen LogP contribution in [0.1, 0.15) is 5.56 Å². The van der Waals surface area contributed by atoms with E-state index < -0.39 is 0 Å². The van der Waals surface area contributed by atoms with Crippen molar-refractivity contribution in [2.24, 2.45) is 7.05 Å². The van der Waals surface area contributed by atoms with Crippen LogP contribution in [0.4, 0.5) is 0 Å². The number of rotatable bonds is 1. The summed E-state index contributed by atoms with van der Waals surface area (Å²) in [5, 5.41) is 1.20. The lowest BCUT2D eigenvalue weighted by molar-refractivity contribution is 0.303. The van der Waals surface area contributed by atoms with Crippen LogP contribution in [0.5, 0.6) is 11.5 Å². The lowest BCUT2D eigenvalue weighted by Crippen LogP contribution is -2.06. The van der Waals surface area contributed by atoms with Gasteiger partial charge in [0.15, 0.2) is 0 Å². The average molecular weight is 265 g/mol. The minimum Gasteiger partial charge on any atom is -0.497 e. The molecular formula is C17H15NO2. The molecule has 0 saturated heterocycles. The summed E-state index contributed by atoms with van der Waals surface area (Å²) in [5.41, 5.74) is 4.85. The molecule has 0 radical (unpaired) electrons. The van der Waals surface area contributed by atoms with Crippen LogP contribution in [0.25, 0.3) is 22.2 Å². The molecule has 0 atom stereocenters. The number of aryl methyl sites for hydroxylation is 1. The molecule has 3 heteroatoms. The monoisotopic (exact) mass is 265 g/mol. The summed E-state index contributed by atoms with van der Waals surface area (Å²) in [6, 6.07) is 14.4. The number of para-hydroxylation sites is 1. The summed E-state index contributed by atoms with van der Waals surface area (Å²) in [5.74, 6) is 1.84. The van der Waals surface area contributed by atoms with E-state index in [2.05, 4.69) is 35.9 Å². The van der Waals surface area contributed by atoms with E-state index in [9.17, 15) is 0 Å². The van der Waals surface area contributed by atoms with Gasteiger partial charge in [-0.15, -0.1) is 0 Å². The van der Waals surface area contributed by atoms with Gasteiger partial charge in [-0.25, -0.2) is 0 Å². The zero-order valence-corrected chi connectivity index (χ0v) is 11.5. The van der Waals surface area contributed by atoms with Crippen LogP contribution in [0, 0.1) is 0 Å². The highest BCUT2D eigenvalue weighted by Crippen LogP contribution is 2.42. The van der Waals surface area contributed by atoms with E-state index in [0.29, 0.717) is 6.61 Å². The Morgan fingerprint density at radius 2 is 2.00 bits per heavy atom. The fourth-order valence-corrected chi connectivity index (χ4v) is 3.05. The van der Waals surface area contributed by atoms with Gasteiger partial charge in [0.2, 0.25) is 0 Å². The number of benzene rings is 2. The van der Waals surface area contributed by atoms with E-state index in [1.54, 1.807) is 7.11 Å². The van der Waals surface area contributed by atoms with Crippen molar-refractivity contribution in [2.75, 3.05) is 7.11 Å². The first-order chi connectivity index (χ1) is 9.79. The van der Waals surface area contributed by atoms with E-state index in [4.69, 9.17) is 9.47 Å². The van der Waals surface area contributed by atoms with Crippen molar-refractivity contribution in [1.29, 1.82) is 0 Å². The molecule has 4 rings (SSSR count). The molecule has 20 heavy (non-hydrogen) atoms. The summed E-state index contributed by atoms with van der Waals surface area (Å²) in [6.07, 6.45) is 0. The van der Waals surface area contributed by atoms with E-state index >= 15 is 0 Å². The second kappa shape index (κ2) is 4.04. The Morgan fingerprint density at radius 3 is 2.85 bits per heavy atom. The maximum absolute atomic E-state index is 5.89. The smallest absolute Gasteiger partial charge is 0.129 e. The molecule has 2 aromatic carbocycles. The van der Waals surface area contributed by atoms with Crippen molar-refractivity contribution in [2.45, 2.75) is 6.61 Å². The van der Waals surface area contributed by atoms with Gasteiger partial charge >= 0.3 is 0 Å². The summed E-state index contributed by atoms with van der Waals surface area (Å²) in [7, 11) is 3.80. The first-order valence-electron chi connectivity index (χ1n) is 6.67. The first kappa shape index (κ1) is 11.4.